The van der Waals surface area contributed by atoms with Crippen LogP contribution in [0.3, 0.4) is 0 Å². The number of hydrogen-bond acceptors (Lipinski definition) is 8. The van der Waals surface area contributed by atoms with Gasteiger partial charge in [0.25, 0.3) is 14.0 Å². The van der Waals surface area contributed by atoms with E-state index in [0.29, 0.717) is 12.8 Å². The molecule has 3 aliphatic rings. The first kappa shape index (κ1) is 41.0. The summed E-state index contributed by atoms with van der Waals surface area (Å²) in [5.41, 5.74) is 5.38. The Bertz CT molecular complexity index is 2230. The van der Waals surface area contributed by atoms with Crippen molar-refractivity contribution >= 4 is 55.1 Å². The number of non-ortho nitro benzene ring substituents is 1. The Balaban J connectivity index is 1.31. The van der Waals surface area contributed by atoms with Crippen LogP contribution in [-0.2, 0) is 18.7 Å². The standard InChI is InChI=1S/C46H51BN2O8Si/c1-29(22-32-23-30(2)43(50)31(3)24-32)20-21-40-41-33(28-56-58(46(4,5)6,36-16-9-7-10-17-36)37-18-11-8-12-19-37)25-38-42(39(41)27-47(53)57-40)45(52)48(44(38)51)34-14-13-15-35(26-34)49(54)55/h7-19,22-24,26,38-40,42,50,53H,20-21,25,27-28H2,1-6H3/b29-22+/t38-,39+,40-,42-/m1/s1. The average Bonchev–Trinajstić information content (AvgIpc) is 3.44. The molecular formula is C46H51BN2O8Si. The molecule has 12 heteroatoms. The van der Waals surface area contributed by atoms with Crippen LogP contribution < -0.4 is 15.3 Å². The number of benzene rings is 4. The minimum absolute atomic E-state index is 0.123. The van der Waals surface area contributed by atoms with Crippen molar-refractivity contribution < 1.29 is 33.7 Å². The van der Waals surface area contributed by atoms with Gasteiger partial charge in [-0.1, -0.05) is 99.2 Å². The number of carbonyl (C=O) groups excluding carboxylic acids is 2. The number of nitro groups is 1. The molecule has 7 rings (SSSR count). The van der Waals surface area contributed by atoms with Crippen molar-refractivity contribution in [2.45, 2.75) is 78.3 Å². The molecular weight excluding hydrogens is 747 g/mol. The number of phenols is 1. The van der Waals surface area contributed by atoms with Crippen LogP contribution in [0.25, 0.3) is 6.08 Å². The maximum Gasteiger partial charge on any atom is 0.455 e. The van der Waals surface area contributed by atoms with Gasteiger partial charge in [-0.05, 0) is 114 Å². The van der Waals surface area contributed by atoms with Crippen molar-refractivity contribution in [2.75, 3.05) is 11.5 Å². The number of anilines is 1. The van der Waals surface area contributed by atoms with E-state index < -0.39 is 56.0 Å². The van der Waals surface area contributed by atoms with E-state index >= 15 is 0 Å². The van der Waals surface area contributed by atoms with Gasteiger partial charge in [0.05, 0.1) is 35.2 Å². The molecule has 0 radical (unpaired) electrons. The third kappa shape index (κ3) is 7.62. The van der Waals surface area contributed by atoms with Crippen molar-refractivity contribution in [2.24, 2.45) is 17.8 Å². The maximum atomic E-state index is 14.5. The number of phenolic OH excluding ortho intramolecular Hbond substituents is 1. The lowest BCUT2D eigenvalue weighted by Crippen LogP contribution is -2.66. The zero-order valence-corrected chi connectivity index (χ0v) is 35.0. The highest BCUT2D eigenvalue weighted by molar-refractivity contribution is 6.99. The number of nitro benzene ring substituents is 1. The first-order valence-corrected chi connectivity index (χ1v) is 21.9. The number of aryl methyl sites for hydroxylation is 2. The molecule has 300 valence electrons. The summed E-state index contributed by atoms with van der Waals surface area (Å²) in [5.74, 6) is -2.59. The van der Waals surface area contributed by atoms with Crippen LogP contribution in [0, 0.1) is 41.7 Å². The fourth-order valence-electron chi connectivity index (χ4n) is 9.64. The highest BCUT2D eigenvalue weighted by atomic mass is 28.4. The van der Waals surface area contributed by atoms with Gasteiger partial charge >= 0.3 is 7.12 Å². The van der Waals surface area contributed by atoms with Crippen LogP contribution in [0.2, 0.25) is 11.4 Å². The number of carbonyl (C=O) groups is 2. The zero-order chi connectivity index (χ0) is 41.5. The van der Waals surface area contributed by atoms with E-state index in [1.165, 1.54) is 18.2 Å². The summed E-state index contributed by atoms with van der Waals surface area (Å²) >= 11 is 0. The molecule has 0 aromatic heterocycles. The summed E-state index contributed by atoms with van der Waals surface area (Å²) in [6, 6.07) is 30.2. The highest BCUT2D eigenvalue weighted by Gasteiger charge is 2.58. The lowest BCUT2D eigenvalue weighted by atomic mass is 9.58. The summed E-state index contributed by atoms with van der Waals surface area (Å²) in [4.78, 5) is 41.2. The van der Waals surface area contributed by atoms with Gasteiger partial charge in [0, 0.05) is 12.1 Å². The molecule has 2 saturated heterocycles. The number of allylic oxidation sites excluding steroid dienone is 1. The SMILES string of the molecule is C/C(=C\c1cc(C)c(O)c(C)c1)CC[C@H]1OB(O)C[C@H]2C1=C(CO[Si](c1ccccc1)(c1ccccc1)C(C)(C)C)C[C@H]1C(=O)N(c3cccc([N+](=O)[O-])c3)C(=O)[C@H]12. The zero-order valence-electron chi connectivity index (χ0n) is 34.0. The Labute approximate surface area is 341 Å². The molecule has 0 saturated carbocycles. The number of rotatable bonds is 11. The first-order valence-electron chi connectivity index (χ1n) is 20.0. The first-order chi connectivity index (χ1) is 27.6. The molecule has 0 unspecified atom stereocenters. The van der Waals surface area contributed by atoms with Crippen LogP contribution in [0.4, 0.5) is 11.4 Å². The van der Waals surface area contributed by atoms with Crippen LogP contribution in [0.5, 0.6) is 5.75 Å². The number of imide groups is 1. The Morgan fingerprint density at radius 2 is 1.57 bits per heavy atom. The van der Waals surface area contributed by atoms with Crippen LogP contribution >= 0.6 is 0 Å². The van der Waals surface area contributed by atoms with Crippen LogP contribution in [0.1, 0.15) is 63.6 Å². The molecule has 10 nitrogen and oxygen atoms in total. The maximum absolute atomic E-state index is 14.5. The fraction of sp³-hybridized carbons (Fsp3) is 0.348. The molecule has 58 heavy (non-hydrogen) atoms. The van der Waals surface area contributed by atoms with E-state index in [9.17, 15) is 29.8 Å². The molecule has 2 aliphatic heterocycles. The summed E-state index contributed by atoms with van der Waals surface area (Å²) in [5, 5.41) is 35.3. The van der Waals surface area contributed by atoms with E-state index in [4.69, 9.17) is 9.08 Å². The van der Waals surface area contributed by atoms with E-state index in [1.54, 1.807) is 6.07 Å². The third-order valence-corrected chi connectivity index (χ3v) is 17.2. The van der Waals surface area contributed by atoms with Gasteiger partial charge in [-0.3, -0.25) is 19.7 Å². The van der Waals surface area contributed by atoms with Gasteiger partial charge in [-0.2, -0.15) is 0 Å². The molecule has 2 heterocycles. The van der Waals surface area contributed by atoms with Gasteiger partial charge < -0.3 is 19.2 Å². The fourth-order valence-corrected chi connectivity index (χ4v) is 14.2. The number of aromatic hydroxyl groups is 1. The molecule has 2 fully saturated rings. The van der Waals surface area contributed by atoms with Gasteiger partial charge in [0.2, 0.25) is 11.8 Å². The van der Waals surface area contributed by atoms with Crippen molar-refractivity contribution in [3.05, 3.63) is 141 Å². The van der Waals surface area contributed by atoms with Crippen LogP contribution in [0.15, 0.2) is 114 Å². The second-order valence-electron chi connectivity index (χ2n) is 17.1. The predicted octanol–water partition coefficient (Wildman–Crippen LogP) is 7.68. The van der Waals surface area contributed by atoms with E-state index in [1.807, 2.05) is 69.3 Å². The Kier molecular flexibility index (Phi) is 11.5. The number of hydrogen-bond donors (Lipinski definition) is 2. The minimum Gasteiger partial charge on any atom is -0.507 e. The van der Waals surface area contributed by atoms with Crippen molar-refractivity contribution in [1.29, 1.82) is 0 Å². The molecule has 4 aromatic carbocycles. The summed E-state index contributed by atoms with van der Waals surface area (Å²) < 4.78 is 13.9. The smallest absolute Gasteiger partial charge is 0.455 e. The molecule has 2 N–H and O–H groups in total. The highest BCUT2D eigenvalue weighted by Crippen LogP contribution is 2.52. The Morgan fingerprint density at radius 3 is 2.16 bits per heavy atom. The Hall–Kier alpha value is -5.14. The largest absolute Gasteiger partial charge is 0.507 e. The monoisotopic (exact) mass is 798 g/mol. The number of nitrogens with zero attached hydrogens (tertiary/aromatic N) is 2. The van der Waals surface area contributed by atoms with Gasteiger partial charge in [-0.25, -0.2) is 4.90 Å². The summed E-state index contributed by atoms with van der Waals surface area (Å²) in [7, 11) is -4.21. The van der Waals surface area contributed by atoms with Gasteiger partial charge in [-0.15, -0.1) is 0 Å². The minimum atomic E-state index is -3.04. The Morgan fingerprint density at radius 1 is 0.948 bits per heavy atom. The molecule has 2 amide bonds. The number of amides is 2. The average molecular weight is 799 g/mol. The molecule has 4 aromatic rings. The van der Waals surface area contributed by atoms with E-state index in [0.717, 1.165) is 48.7 Å². The second-order valence-corrected chi connectivity index (χ2v) is 21.4. The van der Waals surface area contributed by atoms with Crippen LogP contribution in [-0.4, -0.2) is 55.0 Å². The van der Waals surface area contributed by atoms with Gasteiger partial charge in [0.1, 0.15) is 5.75 Å². The molecule has 1 aliphatic carbocycles. The summed E-state index contributed by atoms with van der Waals surface area (Å²) in [6.07, 6.45) is 3.03. The summed E-state index contributed by atoms with van der Waals surface area (Å²) in [6.45, 7) is 12.6. The van der Waals surface area contributed by atoms with E-state index in [-0.39, 0.29) is 41.5 Å². The topological polar surface area (TPSA) is 139 Å². The second kappa shape index (κ2) is 16.3. The lowest BCUT2D eigenvalue weighted by molar-refractivity contribution is -0.384. The molecule has 0 bridgehead atoms. The van der Waals surface area contributed by atoms with Crippen molar-refractivity contribution in [3.8, 4) is 5.75 Å². The lowest BCUT2D eigenvalue weighted by Gasteiger charge is -2.46. The molecule has 0 spiro atoms. The van der Waals surface area contributed by atoms with Crippen molar-refractivity contribution in [1.82, 2.24) is 0 Å². The predicted molar refractivity (Wildman–Crippen MR) is 229 cm³/mol. The molecule has 4 atom stereocenters. The van der Waals surface area contributed by atoms with E-state index in [2.05, 4.69) is 51.1 Å². The van der Waals surface area contributed by atoms with Gasteiger partial charge in [0.15, 0.2) is 0 Å². The number of fused-ring (bicyclic) bond motifs is 3. The van der Waals surface area contributed by atoms with Crippen molar-refractivity contribution in [3.63, 3.8) is 0 Å². The third-order valence-electron chi connectivity index (χ3n) is 12.2. The quantitative estimate of drug-likeness (QED) is 0.0518. The normalized spacial score (nSPS) is 21.3.